The van der Waals surface area contributed by atoms with E-state index in [1.165, 1.54) is 0 Å². The van der Waals surface area contributed by atoms with Crippen molar-refractivity contribution < 1.29 is 18.3 Å². The molecule has 6 heteroatoms. The molecule has 0 aromatic rings. The number of likely N-dealkylation sites (tertiary alicyclic amines) is 1. The van der Waals surface area contributed by atoms with E-state index in [9.17, 15) is 13.5 Å². The van der Waals surface area contributed by atoms with Crippen molar-refractivity contribution in [1.82, 2.24) is 4.90 Å². The summed E-state index contributed by atoms with van der Waals surface area (Å²) in [5.74, 6) is 0.417. The Morgan fingerprint density at radius 2 is 2.24 bits per heavy atom. The van der Waals surface area contributed by atoms with E-state index in [1.54, 1.807) is 0 Å². The molecular weight excluding hydrogens is 242 g/mol. The number of nitrogens with zero attached hydrogens (tertiary/aromatic N) is 1. The maximum Gasteiger partial charge on any atom is 0.155 e. The third kappa shape index (κ3) is 6.98. The van der Waals surface area contributed by atoms with Gasteiger partial charge in [0.1, 0.15) is 9.84 Å². The van der Waals surface area contributed by atoms with Gasteiger partial charge in [0.05, 0.1) is 12.4 Å². The molecule has 0 bridgehead atoms. The first-order chi connectivity index (χ1) is 7.87. The lowest BCUT2D eigenvalue weighted by molar-refractivity contribution is -0.114. The van der Waals surface area contributed by atoms with E-state index >= 15 is 0 Å². The monoisotopic (exact) mass is 265 g/mol. The average Bonchev–Trinajstić information content (AvgIpc) is 2.23. The van der Waals surface area contributed by atoms with Crippen molar-refractivity contribution in [3.8, 4) is 0 Å². The van der Waals surface area contributed by atoms with Crippen LogP contribution in [0.4, 0.5) is 0 Å². The standard InChI is InChI=1S/C11H23NO4S/c1-12-6-3-4-10(8-12)9-16-11(13)5-7-17(2,14)15/h10-11,13H,3-9H2,1-2H3. The molecule has 1 aliphatic rings. The summed E-state index contributed by atoms with van der Waals surface area (Å²) in [6, 6.07) is 0. The molecule has 0 amide bonds. The molecule has 0 spiro atoms. The Morgan fingerprint density at radius 1 is 1.53 bits per heavy atom. The SMILES string of the molecule is CN1CCCC(COC(O)CCS(C)(=O)=O)C1. The molecule has 0 aromatic carbocycles. The second-order valence-electron chi connectivity index (χ2n) is 4.98. The minimum absolute atomic E-state index is 0.0290. The molecule has 1 N–H and O–H groups in total. The van der Waals surface area contributed by atoms with Crippen LogP contribution in [0.2, 0.25) is 0 Å². The summed E-state index contributed by atoms with van der Waals surface area (Å²) < 4.78 is 27.1. The van der Waals surface area contributed by atoms with Crippen LogP contribution in [0.15, 0.2) is 0 Å². The van der Waals surface area contributed by atoms with Crippen LogP contribution in [0.3, 0.4) is 0 Å². The first-order valence-corrected chi connectivity index (χ1v) is 8.09. The van der Waals surface area contributed by atoms with Crippen LogP contribution in [-0.4, -0.2) is 63.5 Å². The Kier molecular flexibility index (Phi) is 5.85. The van der Waals surface area contributed by atoms with E-state index in [0.717, 1.165) is 32.2 Å². The van der Waals surface area contributed by atoms with Crippen LogP contribution in [0.1, 0.15) is 19.3 Å². The summed E-state index contributed by atoms with van der Waals surface area (Å²) >= 11 is 0. The second-order valence-corrected chi connectivity index (χ2v) is 7.24. The van der Waals surface area contributed by atoms with Gasteiger partial charge >= 0.3 is 0 Å². The van der Waals surface area contributed by atoms with E-state index in [-0.39, 0.29) is 12.2 Å². The molecule has 1 rings (SSSR count). The van der Waals surface area contributed by atoms with Crippen LogP contribution in [0, 0.1) is 5.92 Å². The number of rotatable bonds is 6. The molecule has 2 atom stereocenters. The summed E-state index contributed by atoms with van der Waals surface area (Å²) in [5.41, 5.74) is 0. The van der Waals surface area contributed by atoms with Crippen molar-refractivity contribution in [2.45, 2.75) is 25.6 Å². The highest BCUT2D eigenvalue weighted by molar-refractivity contribution is 7.90. The molecule has 1 saturated heterocycles. The van der Waals surface area contributed by atoms with Crippen molar-refractivity contribution in [1.29, 1.82) is 0 Å². The quantitative estimate of drug-likeness (QED) is 0.690. The summed E-state index contributed by atoms with van der Waals surface area (Å²) in [7, 11) is -0.944. The zero-order valence-corrected chi connectivity index (χ0v) is 11.4. The number of hydrogen-bond acceptors (Lipinski definition) is 5. The van der Waals surface area contributed by atoms with Crippen LogP contribution in [-0.2, 0) is 14.6 Å². The number of aliphatic hydroxyl groups is 1. The number of ether oxygens (including phenoxy) is 1. The zero-order chi connectivity index (χ0) is 12.9. The van der Waals surface area contributed by atoms with Gasteiger partial charge in [0.15, 0.2) is 6.29 Å². The topological polar surface area (TPSA) is 66.8 Å². The lowest BCUT2D eigenvalue weighted by atomic mass is 10.00. The molecule has 1 aliphatic heterocycles. The Hall–Kier alpha value is -0.170. The fourth-order valence-electron chi connectivity index (χ4n) is 2.05. The van der Waals surface area contributed by atoms with Gasteiger partial charge < -0.3 is 14.7 Å². The predicted octanol–water partition coefficient (Wildman–Crippen LogP) is 0.0979. The van der Waals surface area contributed by atoms with E-state index in [1.807, 2.05) is 0 Å². The van der Waals surface area contributed by atoms with Gasteiger partial charge in [0.2, 0.25) is 0 Å². The van der Waals surface area contributed by atoms with E-state index in [0.29, 0.717) is 12.5 Å². The third-order valence-corrected chi connectivity index (χ3v) is 3.96. The van der Waals surface area contributed by atoms with Crippen LogP contribution in [0.25, 0.3) is 0 Å². The number of hydrogen-bond donors (Lipinski definition) is 1. The van der Waals surface area contributed by atoms with Crippen LogP contribution >= 0.6 is 0 Å². The Labute approximate surface area is 104 Å². The van der Waals surface area contributed by atoms with Crippen LogP contribution in [0.5, 0.6) is 0 Å². The van der Waals surface area contributed by atoms with Crippen molar-refractivity contribution in [2.75, 3.05) is 38.8 Å². The van der Waals surface area contributed by atoms with Crippen molar-refractivity contribution in [3.63, 3.8) is 0 Å². The fraction of sp³-hybridized carbons (Fsp3) is 1.00. The van der Waals surface area contributed by atoms with Gasteiger partial charge in [-0.25, -0.2) is 8.42 Å². The largest absolute Gasteiger partial charge is 0.368 e. The van der Waals surface area contributed by atoms with Gasteiger partial charge in [-0.2, -0.15) is 0 Å². The lowest BCUT2D eigenvalue weighted by Crippen LogP contribution is -2.35. The summed E-state index contributed by atoms with van der Waals surface area (Å²) in [6.45, 7) is 2.61. The van der Waals surface area contributed by atoms with E-state index in [4.69, 9.17) is 4.74 Å². The second kappa shape index (κ2) is 6.68. The summed E-state index contributed by atoms with van der Waals surface area (Å²) in [5, 5.41) is 9.51. The lowest BCUT2D eigenvalue weighted by Gasteiger charge is -2.29. The highest BCUT2D eigenvalue weighted by Gasteiger charge is 2.19. The minimum atomic E-state index is -3.02. The van der Waals surface area contributed by atoms with Gasteiger partial charge in [0, 0.05) is 19.2 Å². The molecular formula is C11H23NO4S. The smallest absolute Gasteiger partial charge is 0.155 e. The summed E-state index contributed by atoms with van der Waals surface area (Å²) in [6.07, 6.45) is 2.63. The summed E-state index contributed by atoms with van der Waals surface area (Å²) in [4.78, 5) is 2.25. The zero-order valence-electron chi connectivity index (χ0n) is 10.6. The minimum Gasteiger partial charge on any atom is -0.368 e. The van der Waals surface area contributed by atoms with Crippen molar-refractivity contribution in [2.24, 2.45) is 5.92 Å². The van der Waals surface area contributed by atoms with E-state index < -0.39 is 16.1 Å². The predicted molar refractivity (Wildman–Crippen MR) is 66.5 cm³/mol. The highest BCUT2D eigenvalue weighted by atomic mass is 32.2. The van der Waals surface area contributed by atoms with Crippen molar-refractivity contribution >= 4 is 9.84 Å². The van der Waals surface area contributed by atoms with Gasteiger partial charge in [0.25, 0.3) is 0 Å². The van der Waals surface area contributed by atoms with E-state index in [2.05, 4.69) is 11.9 Å². The molecule has 102 valence electrons. The van der Waals surface area contributed by atoms with Gasteiger partial charge in [-0.15, -0.1) is 0 Å². The maximum absolute atomic E-state index is 10.9. The molecule has 0 radical (unpaired) electrons. The average molecular weight is 265 g/mol. The first-order valence-electron chi connectivity index (χ1n) is 6.03. The molecule has 0 aliphatic carbocycles. The number of piperidine rings is 1. The highest BCUT2D eigenvalue weighted by Crippen LogP contribution is 2.16. The normalized spacial score (nSPS) is 24.8. The maximum atomic E-state index is 10.9. The molecule has 5 nitrogen and oxygen atoms in total. The fourth-order valence-corrected chi connectivity index (χ4v) is 2.68. The Morgan fingerprint density at radius 3 is 2.82 bits per heavy atom. The van der Waals surface area contributed by atoms with Gasteiger partial charge in [-0.1, -0.05) is 0 Å². The Bertz CT molecular complexity index is 317. The number of aliphatic hydroxyl groups excluding tert-OH is 1. The molecule has 1 heterocycles. The molecule has 17 heavy (non-hydrogen) atoms. The molecule has 1 fully saturated rings. The Balaban J connectivity index is 2.16. The molecule has 0 saturated carbocycles. The third-order valence-electron chi connectivity index (χ3n) is 2.98. The molecule has 2 unspecified atom stereocenters. The van der Waals surface area contributed by atoms with Crippen LogP contribution < -0.4 is 0 Å². The van der Waals surface area contributed by atoms with Gasteiger partial charge in [-0.05, 0) is 32.4 Å². The first kappa shape index (κ1) is 14.9. The number of sulfone groups is 1. The molecule has 0 aromatic heterocycles. The van der Waals surface area contributed by atoms with Crippen molar-refractivity contribution in [3.05, 3.63) is 0 Å². The van der Waals surface area contributed by atoms with Gasteiger partial charge in [-0.3, -0.25) is 0 Å².